The van der Waals surface area contributed by atoms with E-state index in [1.165, 1.54) is 0 Å². The molecule has 0 bridgehead atoms. The quantitative estimate of drug-likeness (QED) is 0.680. The molecule has 0 aliphatic carbocycles. The minimum atomic E-state index is 0.561. The second-order valence-corrected chi connectivity index (χ2v) is 3.15. The van der Waals surface area contributed by atoms with Gasteiger partial charge in [-0.15, -0.1) is 0 Å². The van der Waals surface area contributed by atoms with Gasteiger partial charge in [0.1, 0.15) is 24.7 Å². The van der Waals surface area contributed by atoms with Crippen molar-refractivity contribution in [3.8, 4) is 11.5 Å². The molecule has 1 radical (unpaired) electrons. The lowest BCUT2D eigenvalue weighted by Gasteiger charge is -2.06. The summed E-state index contributed by atoms with van der Waals surface area (Å²) < 4.78 is 10.9. The highest BCUT2D eigenvalue weighted by atomic mass is 16.5. The summed E-state index contributed by atoms with van der Waals surface area (Å²) in [7, 11) is 0. The van der Waals surface area contributed by atoms with Crippen LogP contribution in [0.3, 0.4) is 0 Å². The number of hydrogen-bond donors (Lipinski definition) is 0. The van der Waals surface area contributed by atoms with Crippen LogP contribution in [-0.2, 0) is 0 Å². The molecular formula is C14H17O2. The maximum absolute atomic E-state index is 5.49. The van der Waals surface area contributed by atoms with E-state index in [9.17, 15) is 0 Å². The Balaban J connectivity index is 2.49. The lowest BCUT2D eigenvalue weighted by molar-refractivity contribution is 0.344. The van der Waals surface area contributed by atoms with E-state index in [0.29, 0.717) is 19.0 Å². The molecule has 0 amide bonds. The molecule has 0 spiro atoms. The van der Waals surface area contributed by atoms with Crippen molar-refractivity contribution in [2.75, 3.05) is 13.2 Å². The average Bonchev–Trinajstić information content (AvgIpc) is 2.30. The van der Waals surface area contributed by atoms with Crippen molar-refractivity contribution in [2.24, 2.45) is 0 Å². The van der Waals surface area contributed by atoms with Crippen LogP contribution in [0.15, 0.2) is 42.5 Å². The molecular weight excluding hydrogens is 200 g/mol. The molecule has 2 nitrogen and oxygen atoms in total. The lowest BCUT2D eigenvalue weighted by atomic mass is 10.3. The second-order valence-electron chi connectivity index (χ2n) is 3.15. The van der Waals surface area contributed by atoms with Crippen molar-refractivity contribution in [3.63, 3.8) is 0 Å². The van der Waals surface area contributed by atoms with E-state index in [0.717, 1.165) is 5.75 Å². The monoisotopic (exact) mass is 217 g/mol. The molecule has 0 saturated carbocycles. The van der Waals surface area contributed by atoms with E-state index >= 15 is 0 Å². The van der Waals surface area contributed by atoms with Crippen molar-refractivity contribution in [2.45, 2.75) is 13.8 Å². The summed E-state index contributed by atoms with van der Waals surface area (Å²) >= 11 is 0. The van der Waals surface area contributed by atoms with Gasteiger partial charge in [0, 0.05) is 12.1 Å². The fraction of sp³-hybridized carbons (Fsp3) is 0.286. The molecule has 0 heterocycles. The molecule has 16 heavy (non-hydrogen) atoms. The first kappa shape index (κ1) is 12.4. The molecule has 1 rings (SSSR count). The van der Waals surface area contributed by atoms with Crippen LogP contribution in [0.2, 0.25) is 0 Å². The normalized spacial score (nSPS) is 11.1. The average molecular weight is 217 g/mol. The lowest BCUT2D eigenvalue weighted by Crippen LogP contribution is -1.96. The van der Waals surface area contributed by atoms with Gasteiger partial charge in [0.2, 0.25) is 0 Å². The van der Waals surface area contributed by atoms with Gasteiger partial charge in [0.05, 0.1) is 0 Å². The molecule has 1 aromatic carbocycles. The van der Waals surface area contributed by atoms with E-state index < -0.39 is 0 Å². The van der Waals surface area contributed by atoms with Crippen LogP contribution in [0.5, 0.6) is 11.5 Å². The zero-order valence-electron chi connectivity index (χ0n) is 9.77. The first-order valence-electron chi connectivity index (χ1n) is 5.36. The van der Waals surface area contributed by atoms with Crippen molar-refractivity contribution >= 4 is 0 Å². The van der Waals surface area contributed by atoms with Gasteiger partial charge in [-0.25, -0.2) is 0 Å². The van der Waals surface area contributed by atoms with Gasteiger partial charge in [0.15, 0.2) is 0 Å². The van der Waals surface area contributed by atoms with Crippen LogP contribution >= 0.6 is 0 Å². The predicted octanol–water partition coefficient (Wildman–Crippen LogP) is 3.40. The Kier molecular flexibility index (Phi) is 5.86. The zero-order valence-corrected chi connectivity index (χ0v) is 9.77. The van der Waals surface area contributed by atoms with Gasteiger partial charge >= 0.3 is 0 Å². The van der Waals surface area contributed by atoms with E-state index in [1.807, 2.05) is 50.3 Å². The molecule has 1 aromatic rings. The molecule has 0 atom stereocenters. The molecule has 0 fully saturated rings. The maximum atomic E-state index is 5.49. The molecule has 85 valence electrons. The van der Waals surface area contributed by atoms with Gasteiger partial charge in [-0.2, -0.15) is 0 Å². The Labute approximate surface area is 97.2 Å². The first-order chi connectivity index (χ1) is 7.86. The standard InChI is InChI=1S/C14H17O2/c1-3-5-10-15-13-8-7-9-14(12-13)16-11-6-4-2/h3-8,12H,10-11H2,1-2H3/b5-3+,6-4+. The van der Waals surface area contributed by atoms with Gasteiger partial charge in [0.25, 0.3) is 0 Å². The zero-order chi connectivity index (χ0) is 11.6. The summed E-state index contributed by atoms with van der Waals surface area (Å²) in [6.07, 6.45) is 7.81. The van der Waals surface area contributed by atoms with Gasteiger partial charge < -0.3 is 9.47 Å². The van der Waals surface area contributed by atoms with Crippen LogP contribution in [0, 0.1) is 6.07 Å². The van der Waals surface area contributed by atoms with Crippen LogP contribution in [0.25, 0.3) is 0 Å². The summed E-state index contributed by atoms with van der Waals surface area (Å²) in [4.78, 5) is 0. The van der Waals surface area contributed by atoms with E-state index in [4.69, 9.17) is 9.47 Å². The Bertz CT molecular complexity index is 322. The van der Waals surface area contributed by atoms with E-state index in [2.05, 4.69) is 6.07 Å². The molecule has 0 saturated heterocycles. The van der Waals surface area contributed by atoms with Crippen molar-refractivity contribution < 1.29 is 9.47 Å². The number of rotatable bonds is 6. The first-order valence-corrected chi connectivity index (χ1v) is 5.36. The van der Waals surface area contributed by atoms with Gasteiger partial charge in [-0.05, 0) is 26.0 Å². The highest BCUT2D eigenvalue weighted by Crippen LogP contribution is 2.18. The minimum Gasteiger partial charge on any atom is -0.489 e. The minimum absolute atomic E-state index is 0.561. The summed E-state index contributed by atoms with van der Waals surface area (Å²) in [5.41, 5.74) is 0. The van der Waals surface area contributed by atoms with Crippen LogP contribution in [0.1, 0.15) is 13.8 Å². The molecule has 0 aliphatic heterocycles. The van der Waals surface area contributed by atoms with E-state index in [1.54, 1.807) is 6.07 Å². The third-order valence-corrected chi connectivity index (χ3v) is 1.90. The van der Waals surface area contributed by atoms with Crippen LogP contribution < -0.4 is 9.47 Å². The predicted molar refractivity (Wildman–Crippen MR) is 65.9 cm³/mol. The summed E-state index contributed by atoms with van der Waals surface area (Å²) in [5, 5.41) is 0. The Morgan fingerprint density at radius 3 is 2.50 bits per heavy atom. The SMILES string of the molecule is C/C=C/COc1[c]ccc(OC/C=C/C)c1. The molecule has 0 unspecified atom stereocenters. The number of hydrogen-bond acceptors (Lipinski definition) is 2. The number of benzene rings is 1. The summed E-state index contributed by atoms with van der Waals surface area (Å²) in [6.45, 7) is 5.07. The largest absolute Gasteiger partial charge is 0.489 e. The third kappa shape index (κ3) is 4.69. The van der Waals surface area contributed by atoms with Gasteiger partial charge in [-0.1, -0.05) is 24.3 Å². The highest BCUT2D eigenvalue weighted by molar-refractivity contribution is 5.32. The van der Waals surface area contributed by atoms with Crippen molar-refractivity contribution in [1.29, 1.82) is 0 Å². The van der Waals surface area contributed by atoms with E-state index in [-0.39, 0.29) is 0 Å². The van der Waals surface area contributed by atoms with Gasteiger partial charge in [-0.3, -0.25) is 0 Å². The molecule has 0 aromatic heterocycles. The third-order valence-electron chi connectivity index (χ3n) is 1.90. The molecule has 2 heteroatoms. The topological polar surface area (TPSA) is 18.5 Å². The number of allylic oxidation sites excluding steroid dienone is 2. The molecule has 0 N–H and O–H groups in total. The maximum Gasteiger partial charge on any atom is 0.131 e. The van der Waals surface area contributed by atoms with Crippen molar-refractivity contribution in [3.05, 3.63) is 48.6 Å². The fourth-order valence-corrected chi connectivity index (χ4v) is 1.07. The Morgan fingerprint density at radius 1 is 1.12 bits per heavy atom. The summed E-state index contributed by atoms with van der Waals surface area (Å²) in [6, 6.07) is 8.51. The Morgan fingerprint density at radius 2 is 1.81 bits per heavy atom. The smallest absolute Gasteiger partial charge is 0.131 e. The van der Waals surface area contributed by atoms with Crippen LogP contribution in [0.4, 0.5) is 0 Å². The second kappa shape index (κ2) is 7.57. The molecule has 0 aliphatic rings. The highest BCUT2D eigenvalue weighted by Gasteiger charge is 1.96. The number of ether oxygens (including phenoxy) is 2. The Hall–Kier alpha value is -1.70. The fourth-order valence-electron chi connectivity index (χ4n) is 1.07. The van der Waals surface area contributed by atoms with Crippen LogP contribution in [-0.4, -0.2) is 13.2 Å². The van der Waals surface area contributed by atoms with Crippen molar-refractivity contribution in [1.82, 2.24) is 0 Å². The summed E-state index contributed by atoms with van der Waals surface area (Å²) in [5.74, 6) is 1.50.